The molecule has 1 N–H and O–H groups in total. The van der Waals surface area contributed by atoms with Gasteiger partial charge in [0.05, 0.1) is 6.20 Å². The predicted molar refractivity (Wildman–Crippen MR) is 73.3 cm³/mol. The zero-order valence-corrected chi connectivity index (χ0v) is 11.5. The van der Waals surface area contributed by atoms with Gasteiger partial charge in [0.1, 0.15) is 5.75 Å². The minimum Gasteiger partial charge on any atom is -0.506 e. The summed E-state index contributed by atoms with van der Waals surface area (Å²) in [6, 6.07) is 4.07. The van der Waals surface area contributed by atoms with Gasteiger partial charge in [0.2, 0.25) is 0 Å². The monoisotopic (exact) mass is 260 g/mol. The first-order valence-corrected chi connectivity index (χ1v) is 6.93. The van der Waals surface area contributed by atoms with Crippen molar-refractivity contribution in [3.63, 3.8) is 0 Å². The van der Waals surface area contributed by atoms with Crippen molar-refractivity contribution in [1.29, 1.82) is 0 Å². The summed E-state index contributed by atoms with van der Waals surface area (Å²) in [6.45, 7) is 6.71. The molecular formula is C14H20N4O. The first-order valence-electron chi connectivity index (χ1n) is 6.93. The van der Waals surface area contributed by atoms with Gasteiger partial charge in [-0.05, 0) is 51.9 Å². The average molecular weight is 260 g/mol. The quantitative estimate of drug-likeness (QED) is 0.897. The molecule has 0 atom stereocenters. The molecule has 5 nitrogen and oxygen atoms in total. The number of pyridine rings is 1. The smallest absolute Gasteiger partial charge is 0.155 e. The summed E-state index contributed by atoms with van der Waals surface area (Å²) in [4.78, 5) is 7.07. The Labute approximate surface area is 112 Å². The second-order valence-electron chi connectivity index (χ2n) is 5.56. The molecule has 0 spiro atoms. The summed E-state index contributed by atoms with van der Waals surface area (Å²) in [7, 11) is 0. The fraction of sp³-hybridized carbons (Fsp3) is 0.571. The number of aromatic hydroxyl groups is 1. The summed E-state index contributed by atoms with van der Waals surface area (Å²) in [5.74, 6) is 1.57. The normalized spacial score (nSPS) is 18.5. The van der Waals surface area contributed by atoms with Gasteiger partial charge in [0.15, 0.2) is 11.5 Å². The highest BCUT2D eigenvalue weighted by molar-refractivity contribution is 5.40. The van der Waals surface area contributed by atoms with Gasteiger partial charge in [0.25, 0.3) is 0 Å². The molecule has 3 heterocycles. The van der Waals surface area contributed by atoms with Gasteiger partial charge in [-0.2, -0.15) is 5.10 Å². The van der Waals surface area contributed by atoms with Crippen LogP contribution in [0.4, 0.5) is 0 Å². The Morgan fingerprint density at radius 3 is 2.68 bits per heavy atom. The third-order valence-corrected chi connectivity index (χ3v) is 3.96. The van der Waals surface area contributed by atoms with Crippen LogP contribution in [0, 0.1) is 0 Å². The van der Waals surface area contributed by atoms with E-state index >= 15 is 0 Å². The number of hydrogen-bond donors (Lipinski definition) is 1. The van der Waals surface area contributed by atoms with E-state index in [0.717, 1.165) is 37.4 Å². The number of fused-ring (bicyclic) bond motifs is 1. The molecule has 2 aromatic heterocycles. The van der Waals surface area contributed by atoms with E-state index in [4.69, 9.17) is 0 Å². The summed E-state index contributed by atoms with van der Waals surface area (Å²) in [5, 5.41) is 13.9. The van der Waals surface area contributed by atoms with E-state index in [9.17, 15) is 5.11 Å². The molecule has 0 radical (unpaired) electrons. The molecule has 102 valence electrons. The van der Waals surface area contributed by atoms with Crippen LogP contribution in [0.1, 0.15) is 38.4 Å². The van der Waals surface area contributed by atoms with Gasteiger partial charge in [0, 0.05) is 12.0 Å². The molecule has 1 fully saturated rings. The van der Waals surface area contributed by atoms with Crippen LogP contribution in [0.15, 0.2) is 18.3 Å². The van der Waals surface area contributed by atoms with Crippen molar-refractivity contribution in [3.8, 4) is 5.75 Å². The molecule has 0 saturated carbocycles. The summed E-state index contributed by atoms with van der Waals surface area (Å²) in [5.41, 5.74) is 0.805. The maximum Gasteiger partial charge on any atom is 0.155 e. The lowest BCUT2D eigenvalue weighted by Crippen LogP contribution is -2.38. The zero-order valence-electron chi connectivity index (χ0n) is 11.5. The zero-order chi connectivity index (χ0) is 13.4. The van der Waals surface area contributed by atoms with Crippen molar-refractivity contribution >= 4 is 5.65 Å². The van der Waals surface area contributed by atoms with Gasteiger partial charge in [-0.15, -0.1) is 0 Å². The van der Waals surface area contributed by atoms with Crippen molar-refractivity contribution in [2.45, 2.75) is 38.6 Å². The number of rotatable bonds is 2. The van der Waals surface area contributed by atoms with Crippen molar-refractivity contribution in [2.75, 3.05) is 13.1 Å². The van der Waals surface area contributed by atoms with E-state index in [1.165, 1.54) is 0 Å². The molecule has 3 rings (SSSR count). The molecule has 0 unspecified atom stereocenters. The predicted octanol–water partition coefficient (Wildman–Crippen LogP) is 2.02. The van der Waals surface area contributed by atoms with Crippen LogP contribution in [0.3, 0.4) is 0 Å². The molecule has 5 heteroatoms. The van der Waals surface area contributed by atoms with Gasteiger partial charge < -0.3 is 10.0 Å². The Kier molecular flexibility index (Phi) is 3.14. The maximum atomic E-state index is 9.45. The number of hydrogen-bond acceptors (Lipinski definition) is 4. The Morgan fingerprint density at radius 1 is 1.26 bits per heavy atom. The van der Waals surface area contributed by atoms with E-state index in [-0.39, 0.29) is 5.75 Å². The number of aromatic nitrogens is 3. The Bertz CT molecular complexity index is 570. The fourth-order valence-electron chi connectivity index (χ4n) is 2.74. The lowest BCUT2D eigenvalue weighted by molar-refractivity contribution is 0.169. The van der Waals surface area contributed by atoms with Gasteiger partial charge >= 0.3 is 0 Å². The Hall–Kier alpha value is -1.62. The summed E-state index contributed by atoms with van der Waals surface area (Å²) >= 11 is 0. The molecular weight excluding hydrogens is 240 g/mol. The standard InChI is InChI=1S/C14H20N4O/c1-10(2)17-7-5-11(6-8-17)14-15-13-4-3-12(19)9-18(13)16-14/h3-4,9-11,19H,5-8H2,1-2H3. The van der Waals surface area contributed by atoms with Gasteiger partial charge in [-0.25, -0.2) is 9.50 Å². The highest BCUT2D eigenvalue weighted by Gasteiger charge is 2.24. The van der Waals surface area contributed by atoms with E-state index in [0.29, 0.717) is 12.0 Å². The van der Waals surface area contributed by atoms with Crippen molar-refractivity contribution < 1.29 is 5.11 Å². The van der Waals surface area contributed by atoms with E-state index in [2.05, 4.69) is 28.8 Å². The number of nitrogens with zero attached hydrogens (tertiary/aromatic N) is 4. The first kappa shape index (κ1) is 12.4. The topological polar surface area (TPSA) is 53.7 Å². The minimum atomic E-state index is 0.221. The Balaban J connectivity index is 1.78. The second-order valence-corrected chi connectivity index (χ2v) is 5.56. The van der Waals surface area contributed by atoms with Crippen LogP contribution >= 0.6 is 0 Å². The van der Waals surface area contributed by atoms with Crippen LogP contribution in [0.2, 0.25) is 0 Å². The number of piperidine rings is 1. The molecule has 2 aromatic rings. The molecule has 0 aromatic carbocycles. The van der Waals surface area contributed by atoms with Crippen molar-refractivity contribution in [3.05, 3.63) is 24.2 Å². The largest absolute Gasteiger partial charge is 0.506 e. The van der Waals surface area contributed by atoms with E-state index in [1.54, 1.807) is 22.8 Å². The van der Waals surface area contributed by atoms with Crippen LogP contribution in [0.25, 0.3) is 5.65 Å². The third kappa shape index (κ3) is 2.42. The van der Waals surface area contributed by atoms with Crippen molar-refractivity contribution in [1.82, 2.24) is 19.5 Å². The van der Waals surface area contributed by atoms with E-state index < -0.39 is 0 Å². The highest BCUT2D eigenvalue weighted by Crippen LogP contribution is 2.27. The third-order valence-electron chi connectivity index (χ3n) is 3.96. The molecule has 1 aliphatic rings. The van der Waals surface area contributed by atoms with Crippen molar-refractivity contribution in [2.24, 2.45) is 0 Å². The van der Waals surface area contributed by atoms with Crippen LogP contribution < -0.4 is 0 Å². The SMILES string of the molecule is CC(C)N1CCC(c2nc3ccc(O)cn3n2)CC1. The molecule has 19 heavy (non-hydrogen) atoms. The maximum absolute atomic E-state index is 9.45. The van der Waals surface area contributed by atoms with Crippen LogP contribution in [-0.2, 0) is 0 Å². The van der Waals surface area contributed by atoms with E-state index in [1.807, 2.05) is 0 Å². The van der Waals surface area contributed by atoms with Gasteiger partial charge in [-0.1, -0.05) is 0 Å². The van der Waals surface area contributed by atoms with Gasteiger partial charge in [-0.3, -0.25) is 0 Å². The van der Waals surface area contributed by atoms with Crippen LogP contribution in [0.5, 0.6) is 5.75 Å². The molecule has 0 amide bonds. The summed E-state index contributed by atoms with van der Waals surface area (Å²) in [6.07, 6.45) is 3.83. The van der Waals surface area contributed by atoms with Crippen LogP contribution in [-0.4, -0.2) is 43.7 Å². The first-order chi connectivity index (χ1) is 9.13. The molecule has 1 aliphatic heterocycles. The second kappa shape index (κ2) is 4.81. The molecule has 0 bridgehead atoms. The lowest BCUT2D eigenvalue weighted by Gasteiger charge is -2.33. The highest BCUT2D eigenvalue weighted by atomic mass is 16.3. The fourth-order valence-corrected chi connectivity index (χ4v) is 2.74. The summed E-state index contributed by atoms with van der Waals surface area (Å²) < 4.78 is 1.67. The molecule has 1 saturated heterocycles. The number of likely N-dealkylation sites (tertiary alicyclic amines) is 1. The molecule has 0 aliphatic carbocycles. The minimum absolute atomic E-state index is 0.221. The lowest BCUT2D eigenvalue weighted by atomic mass is 9.95. The average Bonchev–Trinajstić information content (AvgIpc) is 2.81. The Morgan fingerprint density at radius 2 is 2.00 bits per heavy atom.